The predicted octanol–water partition coefficient (Wildman–Crippen LogP) is 3.70. The average molecular weight is 401 g/mol. The van der Waals surface area contributed by atoms with Crippen LogP contribution in [0.1, 0.15) is 55.4 Å². The molecule has 5 heteroatoms. The molecule has 0 aromatic carbocycles. The maximum absolute atomic E-state index is 5.88. The quantitative estimate of drug-likeness (QED) is 0.663. The summed E-state index contributed by atoms with van der Waals surface area (Å²) in [5.41, 5.74) is -0.158. The van der Waals surface area contributed by atoms with Crippen LogP contribution in [0, 0.1) is 16.2 Å². The van der Waals surface area contributed by atoms with Gasteiger partial charge in [-0.25, -0.2) is 9.98 Å². The van der Waals surface area contributed by atoms with Crippen molar-refractivity contribution < 1.29 is 29.9 Å². The zero-order valence-electron chi connectivity index (χ0n) is 15.1. The number of ether oxygens (including phenoxy) is 2. The van der Waals surface area contributed by atoms with Gasteiger partial charge in [0.2, 0.25) is 0 Å². The third kappa shape index (κ3) is 3.92. The molecule has 2 aliphatic rings. The van der Waals surface area contributed by atoms with Crippen LogP contribution in [-0.2, 0) is 29.9 Å². The molecule has 0 aliphatic carbocycles. The normalized spacial score (nSPS) is 25.8. The largest absolute Gasteiger partial charge is 0.478 e. The molecule has 22 heavy (non-hydrogen) atoms. The molecule has 0 aromatic heterocycles. The number of hydrogen-bond donors (Lipinski definition) is 0. The molecule has 0 fully saturated rings. The van der Waals surface area contributed by atoms with E-state index >= 15 is 0 Å². The Morgan fingerprint density at radius 2 is 1.05 bits per heavy atom. The first kappa shape index (κ1) is 19.6. The summed E-state index contributed by atoms with van der Waals surface area (Å²) in [6.07, 6.45) is 0. The minimum Gasteiger partial charge on any atom is -0.478 e. The number of hydrogen-bond acceptors (Lipinski definition) is 4. The monoisotopic (exact) mass is 400 g/mol. The van der Waals surface area contributed by atoms with Crippen LogP contribution in [0.5, 0.6) is 0 Å². The molecule has 0 saturated heterocycles. The summed E-state index contributed by atoms with van der Waals surface area (Å²) in [4.78, 5) is 9.59. The van der Waals surface area contributed by atoms with E-state index in [0.717, 1.165) is 11.8 Å². The van der Waals surface area contributed by atoms with E-state index in [1.54, 1.807) is 0 Å². The first-order valence-corrected chi connectivity index (χ1v) is 7.84. The molecule has 0 amide bonds. The van der Waals surface area contributed by atoms with Crippen molar-refractivity contribution in [3.63, 3.8) is 0 Å². The average Bonchev–Trinajstić information content (AvgIpc) is 2.97. The fourth-order valence-corrected chi connectivity index (χ4v) is 2.41. The maximum atomic E-state index is 5.88. The van der Waals surface area contributed by atoms with E-state index in [1.807, 2.05) is 0 Å². The van der Waals surface area contributed by atoms with Crippen LogP contribution >= 0.6 is 0 Å². The standard InChI is InChI=1S/C17H30N2O2.Pd/c1-15(2,3)11-9-20-13(18-11)17(7,8)14-19-12(10-21-14)16(4,5)6;/h11-12H,9-10H2,1-8H3;/t11-,12+;. The van der Waals surface area contributed by atoms with E-state index in [2.05, 4.69) is 55.4 Å². The summed E-state index contributed by atoms with van der Waals surface area (Å²) in [6.45, 7) is 18.6. The van der Waals surface area contributed by atoms with Crippen molar-refractivity contribution in [2.24, 2.45) is 26.2 Å². The maximum Gasteiger partial charge on any atom is 0.199 e. The third-order valence-electron chi connectivity index (χ3n) is 4.37. The Kier molecular flexibility index (Phi) is 5.58. The predicted molar refractivity (Wildman–Crippen MR) is 87.0 cm³/mol. The van der Waals surface area contributed by atoms with Gasteiger partial charge in [-0.15, -0.1) is 0 Å². The third-order valence-corrected chi connectivity index (χ3v) is 4.37. The van der Waals surface area contributed by atoms with Crippen LogP contribution in [-0.4, -0.2) is 37.1 Å². The second-order valence-electron chi connectivity index (χ2n) is 8.88. The van der Waals surface area contributed by atoms with E-state index in [4.69, 9.17) is 19.5 Å². The van der Waals surface area contributed by atoms with Crippen molar-refractivity contribution in [2.75, 3.05) is 13.2 Å². The molecule has 130 valence electrons. The fourth-order valence-electron chi connectivity index (χ4n) is 2.41. The zero-order chi connectivity index (χ0) is 16.1. The fraction of sp³-hybridized carbons (Fsp3) is 0.882. The Bertz CT molecular complexity index is 428. The molecule has 0 spiro atoms. The summed E-state index contributed by atoms with van der Waals surface area (Å²) in [6, 6.07) is 0.402. The summed E-state index contributed by atoms with van der Waals surface area (Å²) >= 11 is 0. The Morgan fingerprint density at radius 1 is 0.727 bits per heavy atom. The van der Waals surface area contributed by atoms with Gasteiger partial charge in [0.25, 0.3) is 0 Å². The van der Waals surface area contributed by atoms with Gasteiger partial charge in [-0.1, -0.05) is 41.5 Å². The molecule has 2 atom stereocenters. The molecule has 0 aromatic rings. The van der Waals surface area contributed by atoms with Crippen LogP contribution in [0.4, 0.5) is 0 Å². The van der Waals surface area contributed by atoms with Crippen LogP contribution < -0.4 is 0 Å². The Hall–Kier alpha value is -0.398. The van der Waals surface area contributed by atoms with Crippen molar-refractivity contribution >= 4 is 11.8 Å². The minimum atomic E-state index is -0.389. The van der Waals surface area contributed by atoms with Crippen molar-refractivity contribution in [3.8, 4) is 0 Å². The van der Waals surface area contributed by atoms with Crippen molar-refractivity contribution in [3.05, 3.63) is 0 Å². The van der Waals surface area contributed by atoms with Gasteiger partial charge in [0.05, 0.1) is 12.1 Å². The SMILES string of the molecule is CC(C)(C1=N[C@H](C(C)(C)C)CO1)C1=N[C@@H](C(C)(C)C)CO1.[Pd]. The van der Waals surface area contributed by atoms with E-state index < -0.39 is 0 Å². The summed E-state index contributed by atoms with van der Waals surface area (Å²) in [5, 5.41) is 0. The molecule has 4 nitrogen and oxygen atoms in total. The van der Waals surface area contributed by atoms with Crippen LogP contribution in [0.2, 0.25) is 0 Å². The second kappa shape index (κ2) is 6.25. The molecule has 0 bridgehead atoms. The van der Waals surface area contributed by atoms with Gasteiger partial charge in [0.15, 0.2) is 11.8 Å². The van der Waals surface area contributed by atoms with Gasteiger partial charge in [-0.05, 0) is 24.7 Å². The van der Waals surface area contributed by atoms with Gasteiger partial charge in [0, 0.05) is 20.4 Å². The summed E-state index contributed by atoms with van der Waals surface area (Å²) in [5.74, 6) is 1.52. The van der Waals surface area contributed by atoms with Crippen LogP contribution in [0.3, 0.4) is 0 Å². The Balaban J connectivity index is 0.00000242. The Labute approximate surface area is 148 Å². The second-order valence-corrected chi connectivity index (χ2v) is 8.88. The number of nitrogens with zero attached hydrogens (tertiary/aromatic N) is 2. The molecule has 2 aliphatic heterocycles. The molecule has 0 saturated carbocycles. The molecule has 0 N–H and O–H groups in total. The van der Waals surface area contributed by atoms with Gasteiger partial charge in [-0.2, -0.15) is 0 Å². The van der Waals surface area contributed by atoms with Gasteiger partial charge in [0.1, 0.15) is 18.6 Å². The summed E-state index contributed by atoms with van der Waals surface area (Å²) in [7, 11) is 0. The van der Waals surface area contributed by atoms with E-state index in [-0.39, 0.29) is 48.8 Å². The molecule has 2 heterocycles. The molecule has 0 radical (unpaired) electrons. The Morgan fingerprint density at radius 3 is 1.27 bits per heavy atom. The first-order valence-electron chi connectivity index (χ1n) is 7.84. The topological polar surface area (TPSA) is 43.2 Å². The zero-order valence-corrected chi connectivity index (χ0v) is 16.7. The first-order chi connectivity index (χ1) is 9.42. The van der Waals surface area contributed by atoms with Gasteiger partial charge in [-0.3, -0.25) is 0 Å². The molecular weight excluding hydrogens is 371 g/mol. The molecule has 0 unspecified atom stereocenters. The molecule has 2 rings (SSSR count). The van der Waals surface area contributed by atoms with Gasteiger partial charge >= 0.3 is 0 Å². The van der Waals surface area contributed by atoms with Crippen molar-refractivity contribution in [2.45, 2.75) is 67.5 Å². The molecular formula is C17H30N2O2Pd. The van der Waals surface area contributed by atoms with Crippen molar-refractivity contribution in [1.29, 1.82) is 0 Å². The number of rotatable bonds is 2. The van der Waals surface area contributed by atoms with E-state index in [0.29, 0.717) is 13.2 Å². The van der Waals surface area contributed by atoms with Gasteiger partial charge < -0.3 is 9.47 Å². The summed E-state index contributed by atoms with van der Waals surface area (Å²) < 4.78 is 11.8. The van der Waals surface area contributed by atoms with Crippen LogP contribution in [0.25, 0.3) is 0 Å². The van der Waals surface area contributed by atoms with Crippen LogP contribution in [0.15, 0.2) is 9.98 Å². The smallest absolute Gasteiger partial charge is 0.199 e. The minimum absolute atomic E-state index is 0. The van der Waals surface area contributed by atoms with Crippen molar-refractivity contribution in [1.82, 2.24) is 0 Å². The van der Waals surface area contributed by atoms with E-state index in [9.17, 15) is 0 Å². The van der Waals surface area contributed by atoms with E-state index in [1.165, 1.54) is 0 Å². The number of aliphatic imine (C=N–C) groups is 2.